The Hall–Kier alpha value is -1.76. The quantitative estimate of drug-likeness (QED) is 0.437. The van der Waals surface area contributed by atoms with Gasteiger partial charge in [-0.25, -0.2) is 9.18 Å². The average Bonchev–Trinajstić information content (AvgIpc) is 2.51. The second-order valence-corrected chi connectivity index (χ2v) is 6.41. The van der Waals surface area contributed by atoms with Gasteiger partial charge >= 0.3 is 12.1 Å². The molecule has 0 fully saturated rings. The minimum atomic E-state index is -4.74. The molecular formula is C17H9Cl3F4O2. The van der Waals surface area contributed by atoms with Crippen molar-refractivity contribution in [3.05, 3.63) is 74.0 Å². The van der Waals surface area contributed by atoms with Crippen molar-refractivity contribution in [2.45, 2.75) is 12.6 Å². The van der Waals surface area contributed by atoms with Gasteiger partial charge in [-0.05, 0) is 41.8 Å². The predicted octanol–water partition coefficient (Wildman–Crippen LogP) is 6.67. The molecule has 0 aliphatic rings. The maximum atomic E-state index is 13.4. The summed E-state index contributed by atoms with van der Waals surface area (Å²) in [6.45, 7) is 0. The van der Waals surface area contributed by atoms with E-state index < -0.39 is 33.6 Å². The number of alkyl halides is 3. The summed E-state index contributed by atoms with van der Waals surface area (Å²) >= 11 is 16.9. The Kier molecular flexibility index (Phi) is 6.21. The van der Waals surface area contributed by atoms with Crippen LogP contribution in [0.15, 0.2) is 36.4 Å². The Labute approximate surface area is 160 Å². The third kappa shape index (κ3) is 4.69. The van der Waals surface area contributed by atoms with Crippen LogP contribution in [0.1, 0.15) is 21.5 Å². The topological polar surface area (TPSA) is 37.3 Å². The SMILES string of the molecule is O=C(O)c1ccc(C/C=C(\c2cc(Cl)c(F)c(Cl)c2)C(F)(F)F)cc1Cl. The number of carboxylic acids is 1. The second kappa shape index (κ2) is 7.86. The van der Waals surface area contributed by atoms with Crippen molar-refractivity contribution in [1.82, 2.24) is 0 Å². The first kappa shape index (κ1) is 20.6. The zero-order chi connectivity index (χ0) is 19.6. The number of rotatable bonds is 4. The number of hydrogen-bond donors (Lipinski definition) is 1. The minimum absolute atomic E-state index is 0.0928. The van der Waals surface area contributed by atoms with Crippen molar-refractivity contribution < 1.29 is 27.5 Å². The number of benzene rings is 2. The maximum Gasteiger partial charge on any atom is 0.416 e. The zero-order valence-corrected chi connectivity index (χ0v) is 14.9. The lowest BCUT2D eigenvalue weighted by Gasteiger charge is -2.14. The standard InChI is InChI=1S/C17H9Cl3F4O2/c18-12-5-8(1-3-10(12)16(25)26)2-4-11(17(22,23)24)9-6-13(19)15(21)14(20)7-9/h1,3-7H,2H2,(H,25,26)/b11-4+. The third-order valence-electron chi connectivity index (χ3n) is 3.41. The summed E-state index contributed by atoms with van der Waals surface area (Å²) in [7, 11) is 0. The van der Waals surface area contributed by atoms with Gasteiger partial charge in [0.25, 0.3) is 0 Å². The van der Waals surface area contributed by atoms with Crippen molar-refractivity contribution in [3.8, 4) is 0 Å². The van der Waals surface area contributed by atoms with E-state index in [1.807, 2.05) is 0 Å². The van der Waals surface area contributed by atoms with Crippen LogP contribution < -0.4 is 0 Å². The molecular weight excluding hydrogens is 419 g/mol. The van der Waals surface area contributed by atoms with Crippen molar-refractivity contribution >= 4 is 46.3 Å². The molecule has 0 heterocycles. The van der Waals surface area contributed by atoms with Gasteiger partial charge in [0.05, 0.1) is 26.2 Å². The zero-order valence-electron chi connectivity index (χ0n) is 12.7. The molecule has 0 aromatic heterocycles. The molecule has 1 N–H and O–H groups in total. The van der Waals surface area contributed by atoms with E-state index in [0.29, 0.717) is 5.56 Å². The molecule has 0 aliphatic carbocycles. The van der Waals surface area contributed by atoms with E-state index in [1.165, 1.54) is 18.2 Å². The lowest BCUT2D eigenvalue weighted by Crippen LogP contribution is -2.11. The highest BCUT2D eigenvalue weighted by molar-refractivity contribution is 6.35. The molecule has 0 aliphatic heterocycles. The summed E-state index contributed by atoms with van der Waals surface area (Å²) in [4.78, 5) is 10.9. The number of aromatic carboxylic acids is 1. The van der Waals surface area contributed by atoms with Gasteiger partial charge in [0.1, 0.15) is 0 Å². The summed E-state index contributed by atoms with van der Waals surface area (Å²) in [5.41, 5.74) is -1.24. The normalized spacial score (nSPS) is 12.3. The Morgan fingerprint density at radius 1 is 1.04 bits per heavy atom. The highest BCUT2D eigenvalue weighted by atomic mass is 35.5. The van der Waals surface area contributed by atoms with E-state index in [2.05, 4.69) is 0 Å². The molecule has 0 saturated heterocycles. The van der Waals surface area contributed by atoms with E-state index in [0.717, 1.165) is 18.2 Å². The summed E-state index contributed by atoms with van der Waals surface area (Å²) in [5.74, 6) is -2.25. The molecule has 0 unspecified atom stereocenters. The first-order valence-electron chi connectivity index (χ1n) is 6.94. The van der Waals surface area contributed by atoms with Crippen LogP contribution in [0.25, 0.3) is 5.57 Å². The van der Waals surface area contributed by atoms with Crippen LogP contribution in [-0.4, -0.2) is 17.3 Å². The summed E-state index contributed by atoms with van der Waals surface area (Å²) in [6.07, 6.45) is -4.07. The van der Waals surface area contributed by atoms with Crippen LogP contribution in [-0.2, 0) is 6.42 Å². The average molecular weight is 428 g/mol. The Morgan fingerprint density at radius 2 is 1.62 bits per heavy atom. The number of allylic oxidation sites excluding steroid dienone is 2. The smallest absolute Gasteiger partial charge is 0.416 e. The van der Waals surface area contributed by atoms with E-state index in [4.69, 9.17) is 39.9 Å². The summed E-state index contributed by atoms with van der Waals surface area (Å²) in [5, 5.41) is 7.75. The Bertz CT molecular complexity index is 869. The van der Waals surface area contributed by atoms with Crippen molar-refractivity contribution in [2.24, 2.45) is 0 Å². The number of hydrogen-bond acceptors (Lipinski definition) is 1. The Morgan fingerprint density at radius 3 is 2.08 bits per heavy atom. The van der Waals surface area contributed by atoms with Gasteiger partial charge < -0.3 is 5.11 Å². The predicted molar refractivity (Wildman–Crippen MR) is 92.6 cm³/mol. The fraction of sp³-hybridized carbons (Fsp3) is 0.118. The molecule has 0 atom stereocenters. The number of halogens is 7. The Balaban J connectivity index is 2.43. The molecule has 0 amide bonds. The lowest BCUT2D eigenvalue weighted by atomic mass is 10.0. The lowest BCUT2D eigenvalue weighted by molar-refractivity contribution is -0.0690. The first-order valence-corrected chi connectivity index (χ1v) is 8.08. The van der Waals surface area contributed by atoms with E-state index in [9.17, 15) is 22.4 Å². The summed E-state index contributed by atoms with van der Waals surface area (Å²) < 4.78 is 53.6. The van der Waals surface area contributed by atoms with E-state index in [-0.39, 0.29) is 22.6 Å². The first-order chi connectivity index (χ1) is 12.0. The van der Waals surface area contributed by atoms with Crippen LogP contribution >= 0.6 is 34.8 Å². The van der Waals surface area contributed by atoms with Crippen LogP contribution in [0.5, 0.6) is 0 Å². The fourth-order valence-corrected chi connectivity index (χ4v) is 2.96. The molecule has 26 heavy (non-hydrogen) atoms. The molecule has 138 valence electrons. The van der Waals surface area contributed by atoms with Crippen LogP contribution in [0.3, 0.4) is 0 Å². The second-order valence-electron chi connectivity index (χ2n) is 5.19. The van der Waals surface area contributed by atoms with Crippen LogP contribution in [0.2, 0.25) is 15.1 Å². The van der Waals surface area contributed by atoms with Crippen molar-refractivity contribution in [3.63, 3.8) is 0 Å². The number of carboxylic acid groups (broad SMARTS) is 1. The monoisotopic (exact) mass is 426 g/mol. The van der Waals surface area contributed by atoms with E-state index in [1.54, 1.807) is 0 Å². The molecule has 0 saturated carbocycles. The van der Waals surface area contributed by atoms with Crippen molar-refractivity contribution in [2.75, 3.05) is 0 Å². The molecule has 2 rings (SSSR count). The van der Waals surface area contributed by atoms with E-state index >= 15 is 0 Å². The molecule has 2 aromatic rings. The van der Waals surface area contributed by atoms with Crippen molar-refractivity contribution in [1.29, 1.82) is 0 Å². The number of carbonyl (C=O) groups is 1. The van der Waals surface area contributed by atoms with Gasteiger partial charge in [0.15, 0.2) is 5.82 Å². The van der Waals surface area contributed by atoms with Gasteiger partial charge in [-0.1, -0.05) is 46.9 Å². The fourth-order valence-electron chi connectivity index (χ4n) is 2.19. The van der Waals surface area contributed by atoms with Crippen LogP contribution in [0.4, 0.5) is 17.6 Å². The van der Waals surface area contributed by atoms with Gasteiger partial charge in [0, 0.05) is 0 Å². The minimum Gasteiger partial charge on any atom is -0.478 e. The molecule has 9 heteroatoms. The molecule has 2 aromatic carbocycles. The highest BCUT2D eigenvalue weighted by Gasteiger charge is 2.35. The van der Waals surface area contributed by atoms with Gasteiger partial charge in [-0.15, -0.1) is 0 Å². The van der Waals surface area contributed by atoms with Gasteiger partial charge in [-0.2, -0.15) is 13.2 Å². The molecule has 0 spiro atoms. The largest absolute Gasteiger partial charge is 0.478 e. The summed E-state index contributed by atoms with van der Waals surface area (Å²) in [6, 6.07) is 5.49. The highest BCUT2D eigenvalue weighted by Crippen LogP contribution is 2.37. The third-order valence-corrected chi connectivity index (χ3v) is 4.27. The molecule has 2 nitrogen and oxygen atoms in total. The van der Waals surface area contributed by atoms with Gasteiger partial charge in [0.2, 0.25) is 0 Å². The van der Waals surface area contributed by atoms with Crippen LogP contribution in [0, 0.1) is 5.82 Å². The molecule has 0 bridgehead atoms. The molecule has 0 radical (unpaired) electrons. The van der Waals surface area contributed by atoms with Gasteiger partial charge in [-0.3, -0.25) is 0 Å². The maximum absolute atomic E-state index is 13.4.